The summed E-state index contributed by atoms with van der Waals surface area (Å²) in [6, 6.07) is 0.137. The van der Waals surface area contributed by atoms with Gasteiger partial charge in [-0.05, 0) is 123 Å². The molecular weight excluding hydrogens is 1450 g/mol. The second-order valence-corrected chi connectivity index (χ2v) is 32.2. The molecule has 15 aliphatic rings. The van der Waals surface area contributed by atoms with Gasteiger partial charge in [0.15, 0.2) is 40.1 Å². The zero-order valence-corrected chi connectivity index (χ0v) is 66.0. The van der Waals surface area contributed by atoms with E-state index in [2.05, 4.69) is 50.0 Å². The smallest absolute Gasteiger partial charge is 0.255 e. The number of nitrogens with two attached hydrogens (primary N) is 3. The summed E-state index contributed by atoms with van der Waals surface area (Å²) >= 11 is 0. The molecule has 15 aliphatic carbocycles. The summed E-state index contributed by atoms with van der Waals surface area (Å²) in [4.78, 5) is 114. The van der Waals surface area contributed by atoms with Crippen molar-refractivity contribution in [2.45, 2.75) is 135 Å². The molecule has 7 fully saturated rings. The van der Waals surface area contributed by atoms with Crippen LogP contribution in [0.15, 0.2) is 116 Å². The number of nitrogens with zero attached hydrogens (tertiary/aromatic N) is 1. The second-order valence-electron chi connectivity index (χ2n) is 32.2. The van der Waals surface area contributed by atoms with Gasteiger partial charge in [0.1, 0.15) is 40.3 Å². The number of primary amides is 3. The molecule has 7 saturated carbocycles. The summed E-state index contributed by atoms with van der Waals surface area (Å²) < 4.78 is 0. The van der Waals surface area contributed by atoms with Crippen molar-refractivity contribution < 1.29 is 143 Å². The summed E-state index contributed by atoms with van der Waals surface area (Å²) in [6.45, 7) is 14.6. The Morgan fingerprint density at radius 1 is 0.567 bits per heavy atom. The average Bonchev–Trinajstić information content (AvgIpc) is 1.35. The van der Waals surface area contributed by atoms with Gasteiger partial charge < -0.3 is 83.4 Å². The van der Waals surface area contributed by atoms with Gasteiger partial charge in [0.05, 0.1) is 36.1 Å². The zero-order chi connectivity index (χ0) is 74.2. The molecule has 0 heterocycles. The number of aliphatic hydroxyl groups excluding tert-OH is 10. The number of ketones is 6. The number of amides is 3. The summed E-state index contributed by atoms with van der Waals surface area (Å²) in [6.07, 6.45) is 12.8. The number of hydrogen-bond donors (Lipinski definition) is 15. The number of carbonyl (C=O) groups excluding carboxylic acids is 9. The Bertz CT molecular complexity index is 4010. The van der Waals surface area contributed by atoms with E-state index in [1.54, 1.807) is 32.9 Å². The zero-order valence-electron chi connectivity index (χ0n) is 60.1. The van der Waals surface area contributed by atoms with Crippen LogP contribution in [0.4, 0.5) is 0 Å². The Morgan fingerprint density at radius 2 is 1.12 bits per heavy atom. The van der Waals surface area contributed by atoms with Gasteiger partial charge in [-0.3, -0.25) is 43.2 Å². The van der Waals surface area contributed by atoms with E-state index in [0.29, 0.717) is 65.3 Å². The van der Waals surface area contributed by atoms with Gasteiger partial charge in [0.2, 0.25) is 11.7 Å². The molecule has 18 N–H and O–H groups in total. The molecule has 0 saturated heterocycles. The minimum absolute atomic E-state index is 0. The van der Waals surface area contributed by atoms with Crippen LogP contribution in [-0.2, 0) is 80.3 Å². The van der Waals surface area contributed by atoms with Crippen LogP contribution in [0.25, 0.3) is 0 Å². The van der Waals surface area contributed by atoms with Gasteiger partial charge in [-0.2, -0.15) is 0 Å². The van der Waals surface area contributed by atoms with Gasteiger partial charge in [0, 0.05) is 202 Å². The van der Waals surface area contributed by atoms with Crippen molar-refractivity contribution in [2.24, 2.45) is 159 Å². The molecule has 0 aliphatic heterocycles. The number of carbonyl (C=O) groups is 9. The molecule has 104 heavy (non-hydrogen) atoms. The molecule has 0 aromatic rings. The minimum Gasteiger partial charge on any atom is -0.512 e. The summed E-state index contributed by atoms with van der Waals surface area (Å²) in [5, 5.41) is 129. The Hall–Kier alpha value is -4.68. The third-order valence-corrected chi connectivity index (χ3v) is 27.4. The van der Waals surface area contributed by atoms with Crippen molar-refractivity contribution in [1.82, 2.24) is 4.90 Å². The molecule has 0 aromatic carbocycles. The van der Waals surface area contributed by atoms with E-state index < -0.39 is 153 Å². The number of rotatable bonds is 5. The Kier molecular flexibility index (Phi) is 24.0. The largest absolute Gasteiger partial charge is 0.512 e. The van der Waals surface area contributed by atoms with E-state index in [4.69, 9.17) is 17.2 Å². The number of fused-ring (bicyclic) bond motifs is 17. The molecule has 0 aromatic heterocycles. The summed E-state index contributed by atoms with van der Waals surface area (Å²) in [5.74, 6) is -15.5. The maximum atomic E-state index is 13.4. The Balaban J connectivity index is 0.000000175. The second kappa shape index (κ2) is 30.0. The van der Waals surface area contributed by atoms with Crippen LogP contribution in [0.3, 0.4) is 0 Å². The number of hydrogen-bond acceptors (Lipinski definition) is 22. The van der Waals surface area contributed by atoms with Crippen molar-refractivity contribution in [1.29, 1.82) is 0 Å². The molecule has 30 unspecified atom stereocenters. The number of allylic oxidation sites excluding steroid dienone is 9. The van der Waals surface area contributed by atoms with E-state index in [0.717, 1.165) is 18.4 Å². The molecule has 3 radical (unpaired) electrons. The Morgan fingerprint density at radius 3 is 1.69 bits per heavy atom. The van der Waals surface area contributed by atoms with Crippen molar-refractivity contribution in [3.05, 3.63) is 116 Å². The van der Waals surface area contributed by atoms with Crippen LogP contribution >= 0.6 is 0 Å². The summed E-state index contributed by atoms with van der Waals surface area (Å²) in [7, 11) is 3.98. The van der Waals surface area contributed by atoms with Gasteiger partial charge >= 0.3 is 0 Å². The predicted molar refractivity (Wildman–Crippen MR) is 367 cm³/mol. The molecular formula is C76H98KN4O21V2. The van der Waals surface area contributed by atoms with Crippen molar-refractivity contribution in [2.75, 3.05) is 14.1 Å². The van der Waals surface area contributed by atoms with Gasteiger partial charge in [0.25, 0.3) is 11.8 Å². The van der Waals surface area contributed by atoms with Gasteiger partial charge in [-0.15, -0.1) is 0 Å². The summed E-state index contributed by atoms with van der Waals surface area (Å²) in [5.41, 5.74) is 11.2. The molecule has 3 amide bonds. The van der Waals surface area contributed by atoms with Crippen LogP contribution < -0.4 is 17.2 Å². The topological polar surface area (TPSA) is 478 Å². The van der Waals surface area contributed by atoms with E-state index in [1.165, 1.54) is 19.9 Å². The molecule has 25 nitrogen and oxygen atoms in total. The quantitative estimate of drug-likeness (QED) is 0.0814. The maximum absolute atomic E-state index is 13.4. The monoisotopic (exact) mass is 1540 g/mol. The fourth-order valence-corrected chi connectivity index (χ4v) is 22.2. The van der Waals surface area contributed by atoms with Crippen molar-refractivity contribution in [3.8, 4) is 0 Å². The van der Waals surface area contributed by atoms with Crippen molar-refractivity contribution in [3.63, 3.8) is 0 Å². The predicted octanol–water partition coefficient (Wildman–Crippen LogP) is 2.56. The molecule has 0 spiro atoms. The van der Waals surface area contributed by atoms with Gasteiger partial charge in [-0.25, -0.2) is 0 Å². The van der Waals surface area contributed by atoms with E-state index in [9.17, 15) is 104 Å². The maximum Gasteiger partial charge on any atom is 0.255 e. The molecule has 559 valence electrons. The fraction of sp³-hybridized carbons (Fsp3) is 0.618. The molecule has 32 atom stereocenters. The first-order valence-corrected chi connectivity index (χ1v) is 35.5. The third kappa shape index (κ3) is 12.3. The first-order chi connectivity index (χ1) is 47.2. The third-order valence-electron chi connectivity index (χ3n) is 27.4. The first-order valence-electron chi connectivity index (χ1n) is 35.5. The van der Waals surface area contributed by atoms with E-state index in [-0.39, 0.29) is 196 Å². The first kappa shape index (κ1) is 83.4. The van der Waals surface area contributed by atoms with Crippen molar-refractivity contribution >= 4 is 104 Å². The minimum atomic E-state index is -2.72. The molecule has 28 heteroatoms. The van der Waals surface area contributed by atoms with Crippen LogP contribution in [-0.4, -0.2) is 232 Å². The van der Waals surface area contributed by atoms with Gasteiger partial charge in [-0.1, -0.05) is 84.9 Å². The average molecular weight is 1550 g/mol. The Labute approximate surface area is 670 Å². The fourth-order valence-electron chi connectivity index (χ4n) is 22.2. The normalized spacial score (nSPS) is 44.5. The SMILES string of the molecule is CC1C(O)=C(C(N)=O)C=C2C=C3C(=O)C4C5C=CC(C5)C4C(C)C3C(O)C21.CC1C2C(=C(O)C3C4C=CC(C4)C13)C(=O)CC(C(C)N(C)C)C2O.CC1C=CC(O)=C2C(=O)[C@]3(O)C(=O)C(C(N)=O)C(O)C(C)C3C(O)C21.CC1CCC(=O)C2=C(O)[C@]3(O)C(O)=C(C(N)=O)C(=O)C(C)C3C(O)C21.[2HH].[K].[V].[V]. The van der Waals surface area contributed by atoms with Crippen LogP contribution in [0.2, 0.25) is 0 Å². The number of aliphatic hydroxyl groups is 12. The molecule has 4 bridgehead atoms. The number of Topliss-reactive ketones (excluding diaryl/α,β-unsaturated/α-hetero) is 6. The van der Waals surface area contributed by atoms with E-state index in [1.807, 2.05) is 20.2 Å². The standard InChI is InChI=1S/C22H25NO4.C20H29NO3.2C17H21NO7.K.2V.H2/c1-8-15-10-3-4-11(5-10)18(15)20(25)13-6-12-7-14(22(23)27)19(24)9(2)16(12)21(26)17(8)13;1-9-15-11-5-6-12(7-11)17(15)20(24)18-14(22)8-13(10(2)21(3)4)19(23)16(9)18;2*1-5-3-4-7(19)9-8(5)13(21)11-6(2)12(20)10(16(18)24)15(23)17(11,25)14(9)22;;;;/h3-4,6-11,15-18,21,24,26H,5H2,1-2H3,(H2,23,27);5-6,9-13,15-17,19,23-24H,7-8H2,1-4H3;5-6,8,11,13,21-23,25H,3-4H2,1-2H3,(H2,18,24);3-6,8,10-13,19-21,25H,1-2H3,(H2,18,24);;;;1H/t;;5?,6?,8?,11?,13?,17-;5?,6?,8?,10?,11?,12?,13?,17-;;;;/m..00..../s1/i;;;;;;;1+1. The van der Waals surface area contributed by atoms with Crippen LogP contribution in [0, 0.1) is 142 Å². The van der Waals surface area contributed by atoms with Crippen LogP contribution in [0.5, 0.6) is 0 Å². The van der Waals surface area contributed by atoms with Crippen LogP contribution in [0.1, 0.15) is 88.9 Å². The molecule has 15 rings (SSSR count). The van der Waals surface area contributed by atoms with E-state index >= 15 is 0 Å².